The molecule has 1 heterocycles. The molecule has 1 saturated heterocycles. The van der Waals surface area contributed by atoms with E-state index in [1.54, 1.807) is 28.1 Å². The molecule has 1 amide bonds. The number of amides is 1. The second-order valence-corrected chi connectivity index (χ2v) is 5.05. The Morgan fingerprint density at radius 2 is 2.00 bits per heavy atom. The third kappa shape index (κ3) is 3.66. The lowest BCUT2D eigenvalue weighted by Crippen LogP contribution is -2.58. The number of methoxy groups -OCH3 is 2. The zero-order chi connectivity index (χ0) is 13.1. The van der Waals surface area contributed by atoms with Crippen LogP contribution in [0, 0.1) is 0 Å². The van der Waals surface area contributed by atoms with Crippen molar-refractivity contribution in [1.29, 1.82) is 0 Å². The van der Waals surface area contributed by atoms with E-state index in [0.29, 0.717) is 0 Å². The first-order valence-electron chi connectivity index (χ1n) is 6.05. The highest BCUT2D eigenvalue weighted by atomic mass is 16.5. The molecular formula is C12H24N2O3. The van der Waals surface area contributed by atoms with Crippen LogP contribution in [-0.2, 0) is 14.3 Å². The minimum atomic E-state index is -0.780. The predicted octanol–water partition coefficient (Wildman–Crippen LogP) is 0.641. The van der Waals surface area contributed by atoms with Crippen molar-refractivity contribution in [3.63, 3.8) is 0 Å². The quantitative estimate of drug-likeness (QED) is 0.762. The Bertz CT molecular complexity index is 268. The zero-order valence-corrected chi connectivity index (χ0v) is 11.4. The maximum absolute atomic E-state index is 12.0. The molecule has 0 aromatic rings. The number of ether oxygens (including phenoxy) is 2. The summed E-state index contributed by atoms with van der Waals surface area (Å²) in [6.45, 7) is 5.58. The molecule has 1 rings (SSSR count). The summed E-state index contributed by atoms with van der Waals surface area (Å²) in [5, 5.41) is 6.34. The largest absolute Gasteiger partial charge is 0.369 e. The van der Waals surface area contributed by atoms with Crippen LogP contribution in [0.15, 0.2) is 0 Å². The number of nitrogens with one attached hydrogen (secondary N) is 2. The van der Waals surface area contributed by atoms with Crippen LogP contribution in [0.3, 0.4) is 0 Å². The Hall–Kier alpha value is -0.650. The lowest BCUT2D eigenvalue weighted by molar-refractivity contribution is -0.141. The zero-order valence-electron chi connectivity index (χ0n) is 11.4. The van der Waals surface area contributed by atoms with Gasteiger partial charge in [0.15, 0.2) is 0 Å². The first-order chi connectivity index (χ1) is 7.90. The van der Waals surface area contributed by atoms with E-state index in [9.17, 15) is 4.79 Å². The van der Waals surface area contributed by atoms with Gasteiger partial charge in [-0.25, -0.2) is 0 Å². The van der Waals surface area contributed by atoms with Gasteiger partial charge in [0.1, 0.15) is 11.8 Å². The highest BCUT2D eigenvalue weighted by Crippen LogP contribution is 2.16. The number of hydrogen-bond donors (Lipinski definition) is 2. The van der Waals surface area contributed by atoms with Crippen molar-refractivity contribution in [3.8, 4) is 0 Å². The average Bonchev–Trinajstić information content (AvgIpc) is 2.31. The molecule has 1 fully saturated rings. The minimum Gasteiger partial charge on any atom is -0.369 e. The summed E-state index contributed by atoms with van der Waals surface area (Å²) in [4.78, 5) is 12.0. The normalized spacial score (nSPS) is 30.1. The second-order valence-electron chi connectivity index (χ2n) is 5.05. The number of piperidine rings is 1. The fraction of sp³-hybridized carbons (Fsp3) is 0.917. The molecule has 2 N–H and O–H groups in total. The van der Waals surface area contributed by atoms with Crippen LogP contribution < -0.4 is 10.6 Å². The van der Waals surface area contributed by atoms with Gasteiger partial charge in [-0.2, -0.15) is 0 Å². The van der Waals surface area contributed by atoms with Gasteiger partial charge in [0.2, 0.25) is 0 Å². The van der Waals surface area contributed by atoms with Crippen molar-refractivity contribution in [2.45, 2.75) is 57.5 Å². The summed E-state index contributed by atoms with van der Waals surface area (Å²) in [7, 11) is 3.24. The van der Waals surface area contributed by atoms with Crippen LogP contribution in [-0.4, -0.2) is 44.0 Å². The monoisotopic (exact) mass is 244 g/mol. The lowest BCUT2D eigenvalue weighted by atomic mass is 9.97. The fourth-order valence-corrected chi connectivity index (χ4v) is 1.89. The van der Waals surface area contributed by atoms with Gasteiger partial charge in [0, 0.05) is 26.3 Å². The van der Waals surface area contributed by atoms with Crippen LogP contribution in [0.25, 0.3) is 0 Å². The van der Waals surface area contributed by atoms with E-state index in [2.05, 4.69) is 17.6 Å². The standard InChI is InChI=1S/C12H24N2O3/c1-8-9(6-7-10(13-8)16-4)14-11(15)12(2,3)17-5/h8-10,13H,6-7H2,1-5H3,(H,14,15). The minimum absolute atomic E-state index is 0.0745. The molecule has 0 radical (unpaired) electrons. The van der Waals surface area contributed by atoms with E-state index >= 15 is 0 Å². The van der Waals surface area contributed by atoms with Crippen molar-refractivity contribution >= 4 is 5.91 Å². The van der Waals surface area contributed by atoms with Gasteiger partial charge in [0.05, 0.1) is 0 Å². The first-order valence-corrected chi connectivity index (χ1v) is 6.05. The first kappa shape index (κ1) is 14.4. The Morgan fingerprint density at radius 1 is 1.35 bits per heavy atom. The van der Waals surface area contributed by atoms with Crippen molar-refractivity contribution in [2.24, 2.45) is 0 Å². The number of carbonyl (C=O) groups is 1. The van der Waals surface area contributed by atoms with Crippen molar-refractivity contribution in [1.82, 2.24) is 10.6 Å². The van der Waals surface area contributed by atoms with Gasteiger partial charge in [-0.05, 0) is 33.6 Å². The Balaban J connectivity index is 2.50. The molecule has 17 heavy (non-hydrogen) atoms. The molecule has 0 aliphatic carbocycles. The van der Waals surface area contributed by atoms with Gasteiger partial charge in [-0.15, -0.1) is 0 Å². The molecule has 5 nitrogen and oxygen atoms in total. The topological polar surface area (TPSA) is 59.6 Å². The average molecular weight is 244 g/mol. The van der Waals surface area contributed by atoms with Gasteiger partial charge in [-0.1, -0.05) is 0 Å². The molecule has 0 aromatic heterocycles. The molecule has 0 saturated carbocycles. The van der Waals surface area contributed by atoms with Crippen LogP contribution in [0.2, 0.25) is 0 Å². The summed E-state index contributed by atoms with van der Waals surface area (Å²) in [6.07, 6.45) is 1.91. The third-order valence-corrected chi connectivity index (χ3v) is 3.45. The van der Waals surface area contributed by atoms with E-state index in [-0.39, 0.29) is 24.2 Å². The van der Waals surface area contributed by atoms with E-state index < -0.39 is 5.60 Å². The summed E-state index contributed by atoms with van der Waals surface area (Å²) in [5.74, 6) is -0.0745. The molecule has 5 heteroatoms. The van der Waals surface area contributed by atoms with Crippen LogP contribution in [0.1, 0.15) is 33.6 Å². The van der Waals surface area contributed by atoms with Gasteiger partial charge in [0.25, 0.3) is 5.91 Å². The van der Waals surface area contributed by atoms with Crippen LogP contribution in [0.5, 0.6) is 0 Å². The van der Waals surface area contributed by atoms with Gasteiger partial charge >= 0.3 is 0 Å². The summed E-state index contributed by atoms with van der Waals surface area (Å²) in [5.41, 5.74) is -0.780. The van der Waals surface area contributed by atoms with Crippen LogP contribution >= 0.6 is 0 Å². The Kier molecular flexibility index (Phi) is 4.91. The number of carbonyl (C=O) groups excluding carboxylic acids is 1. The number of rotatable bonds is 4. The number of hydrogen-bond acceptors (Lipinski definition) is 4. The van der Waals surface area contributed by atoms with E-state index in [4.69, 9.17) is 9.47 Å². The predicted molar refractivity (Wildman–Crippen MR) is 65.6 cm³/mol. The molecule has 1 aliphatic heterocycles. The Labute approximate surface area is 103 Å². The molecule has 0 spiro atoms. The lowest BCUT2D eigenvalue weighted by Gasteiger charge is -2.36. The van der Waals surface area contributed by atoms with E-state index in [1.807, 2.05) is 0 Å². The molecular weight excluding hydrogens is 220 g/mol. The van der Waals surface area contributed by atoms with Crippen molar-refractivity contribution in [3.05, 3.63) is 0 Å². The summed E-state index contributed by atoms with van der Waals surface area (Å²) in [6, 6.07) is 0.327. The molecule has 100 valence electrons. The summed E-state index contributed by atoms with van der Waals surface area (Å²) < 4.78 is 10.4. The van der Waals surface area contributed by atoms with Gasteiger partial charge in [-0.3, -0.25) is 10.1 Å². The molecule has 1 aliphatic rings. The highest BCUT2D eigenvalue weighted by molar-refractivity contribution is 5.84. The van der Waals surface area contributed by atoms with Crippen LogP contribution in [0.4, 0.5) is 0 Å². The maximum Gasteiger partial charge on any atom is 0.251 e. The molecule has 0 bridgehead atoms. The van der Waals surface area contributed by atoms with E-state index in [1.165, 1.54) is 0 Å². The van der Waals surface area contributed by atoms with Gasteiger partial charge < -0.3 is 14.8 Å². The third-order valence-electron chi connectivity index (χ3n) is 3.45. The van der Waals surface area contributed by atoms with Crippen molar-refractivity contribution < 1.29 is 14.3 Å². The molecule has 3 unspecified atom stereocenters. The maximum atomic E-state index is 12.0. The SMILES string of the molecule is COC1CCC(NC(=O)C(C)(C)OC)C(C)N1. The smallest absolute Gasteiger partial charge is 0.251 e. The highest BCUT2D eigenvalue weighted by Gasteiger charge is 2.33. The second kappa shape index (κ2) is 5.80. The molecule has 0 aromatic carbocycles. The van der Waals surface area contributed by atoms with E-state index in [0.717, 1.165) is 12.8 Å². The van der Waals surface area contributed by atoms with Crippen molar-refractivity contribution in [2.75, 3.05) is 14.2 Å². The molecule has 3 atom stereocenters. The summed E-state index contributed by atoms with van der Waals surface area (Å²) >= 11 is 0. The fourth-order valence-electron chi connectivity index (χ4n) is 1.89. The Morgan fingerprint density at radius 3 is 2.47 bits per heavy atom.